The van der Waals surface area contributed by atoms with E-state index in [1.165, 1.54) is 27.4 Å². The molecule has 0 aliphatic heterocycles. The molecule has 1 heterocycles. The first-order chi connectivity index (χ1) is 11.9. The van der Waals surface area contributed by atoms with E-state index in [9.17, 15) is 9.59 Å². The van der Waals surface area contributed by atoms with Crippen molar-refractivity contribution >= 4 is 24.4 Å². The highest BCUT2D eigenvalue weighted by Gasteiger charge is 2.15. The predicted molar refractivity (Wildman–Crippen MR) is 92.3 cm³/mol. The average molecular weight is 364 g/mol. The third kappa shape index (κ3) is 4.10. The number of aryl methyl sites for hydroxylation is 1. The maximum Gasteiger partial charge on any atom is 0.308 e. The molecule has 0 aliphatic carbocycles. The number of H-pyrrole nitrogens is 1. The molecule has 25 heavy (non-hydrogen) atoms. The molecule has 0 saturated heterocycles. The van der Waals surface area contributed by atoms with Crippen LogP contribution in [0, 0.1) is 11.7 Å². The number of benzene rings is 1. The minimum Gasteiger partial charge on any atom is -0.493 e. The van der Waals surface area contributed by atoms with E-state index >= 15 is 0 Å². The number of esters is 1. The number of carbonyl (C=O) groups is 1. The van der Waals surface area contributed by atoms with Crippen molar-refractivity contribution in [3.05, 3.63) is 38.5 Å². The Kier molecular flexibility index (Phi) is 5.65. The van der Waals surface area contributed by atoms with Crippen molar-refractivity contribution in [1.29, 1.82) is 0 Å². The summed E-state index contributed by atoms with van der Waals surface area (Å²) in [6.45, 7) is 2.81. The van der Waals surface area contributed by atoms with Crippen molar-refractivity contribution < 1.29 is 19.0 Å². The summed E-state index contributed by atoms with van der Waals surface area (Å²) in [7, 11) is 2.85. The van der Waals surface area contributed by atoms with Crippen LogP contribution in [0.4, 0.5) is 0 Å². The van der Waals surface area contributed by atoms with E-state index in [4.69, 9.17) is 26.4 Å². The van der Waals surface area contributed by atoms with E-state index in [2.05, 4.69) is 15.3 Å². The van der Waals surface area contributed by atoms with E-state index in [0.717, 1.165) is 4.68 Å². The van der Waals surface area contributed by atoms with Crippen LogP contribution in [0.25, 0.3) is 0 Å². The maximum atomic E-state index is 12.0. The molecule has 132 valence electrons. The fourth-order valence-corrected chi connectivity index (χ4v) is 2.10. The molecule has 0 amide bonds. The Labute approximate surface area is 147 Å². The van der Waals surface area contributed by atoms with Crippen molar-refractivity contribution in [3.8, 4) is 17.2 Å². The number of aromatic nitrogens is 3. The molecule has 0 bridgehead atoms. The first-order valence-corrected chi connectivity index (χ1v) is 7.45. The summed E-state index contributed by atoms with van der Waals surface area (Å²) in [4.78, 5) is 23.3. The Morgan fingerprint density at radius 2 is 1.92 bits per heavy atom. The van der Waals surface area contributed by atoms with Crippen LogP contribution in [-0.4, -0.2) is 41.3 Å². The van der Waals surface area contributed by atoms with Crippen molar-refractivity contribution in [1.82, 2.24) is 14.9 Å². The van der Waals surface area contributed by atoms with Crippen molar-refractivity contribution in [3.63, 3.8) is 0 Å². The number of nitrogens with zero attached hydrogens (tertiary/aromatic N) is 3. The van der Waals surface area contributed by atoms with Gasteiger partial charge in [0.1, 0.15) is 5.69 Å². The highest BCUT2D eigenvalue weighted by atomic mass is 32.1. The number of methoxy groups -OCH3 is 2. The van der Waals surface area contributed by atoms with Gasteiger partial charge in [-0.15, -0.1) is 0 Å². The lowest BCUT2D eigenvalue weighted by Gasteiger charge is -2.13. The zero-order valence-electron chi connectivity index (χ0n) is 14.0. The Morgan fingerprint density at radius 1 is 1.32 bits per heavy atom. The summed E-state index contributed by atoms with van der Waals surface area (Å²) in [6.07, 6.45) is 1.40. The molecule has 0 radical (unpaired) electrons. The molecule has 10 heteroatoms. The lowest BCUT2D eigenvalue weighted by Crippen LogP contribution is -2.22. The fourth-order valence-electron chi connectivity index (χ4n) is 1.92. The number of hydrogen-bond donors (Lipinski definition) is 1. The zero-order valence-corrected chi connectivity index (χ0v) is 14.8. The van der Waals surface area contributed by atoms with Gasteiger partial charge in [-0.3, -0.25) is 14.7 Å². The molecule has 0 saturated carbocycles. The van der Waals surface area contributed by atoms with Crippen molar-refractivity contribution in [2.24, 2.45) is 5.10 Å². The van der Waals surface area contributed by atoms with Crippen LogP contribution in [0.1, 0.15) is 18.2 Å². The van der Waals surface area contributed by atoms with Crippen LogP contribution < -0.4 is 19.8 Å². The monoisotopic (exact) mass is 364 g/mol. The molecular formula is C15H16N4O5S. The molecule has 0 unspecified atom stereocenters. The quantitative estimate of drug-likeness (QED) is 0.370. The van der Waals surface area contributed by atoms with Gasteiger partial charge in [-0.2, -0.15) is 14.9 Å². The van der Waals surface area contributed by atoms with E-state index in [1.807, 2.05) is 0 Å². The summed E-state index contributed by atoms with van der Waals surface area (Å²) in [5.74, 6) is 0.200. The number of carbonyl (C=O) groups excluding carboxylic acids is 1. The summed E-state index contributed by atoms with van der Waals surface area (Å²) < 4.78 is 16.6. The molecule has 0 spiro atoms. The second-order valence-corrected chi connectivity index (χ2v) is 5.21. The van der Waals surface area contributed by atoms with E-state index < -0.39 is 11.5 Å². The average Bonchev–Trinajstić information content (AvgIpc) is 2.58. The molecule has 0 aliphatic rings. The molecule has 2 aromatic rings. The number of nitrogens with one attached hydrogen (secondary N) is 1. The van der Waals surface area contributed by atoms with Gasteiger partial charge in [-0.05, 0) is 31.3 Å². The summed E-state index contributed by atoms with van der Waals surface area (Å²) >= 11 is 5.00. The van der Waals surface area contributed by atoms with E-state index in [0.29, 0.717) is 5.56 Å². The normalized spacial score (nSPS) is 10.7. The smallest absolute Gasteiger partial charge is 0.308 e. The third-order valence-electron chi connectivity index (χ3n) is 3.06. The lowest BCUT2D eigenvalue weighted by molar-refractivity contribution is -0.132. The highest BCUT2D eigenvalue weighted by Crippen LogP contribution is 2.38. The number of rotatable bonds is 5. The van der Waals surface area contributed by atoms with Gasteiger partial charge in [0.25, 0.3) is 5.56 Å². The van der Waals surface area contributed by atoms with Crippen molar-refractivity contribution in [2.75, 3.05) is 14.2 Å². The van der Waals surface area contributed by atoms with Gasteiger partial charge >= 0.3 is 5.97 Å². The van der Waals surface area contributed by atoms with Gasteiger partial charge in [-0.1, -0.05) is 0 Å². The fraction of sp³-hybridized carbons (Fsp3) is 0.267. The molecule has 2 rings (SSSR count). The molecule has 0 fully saturated rings. The Morgan fingerprint density at radius 3 is 2.44 bits per heavy atom. The topological polar surface area (TPSA) is 108 Å². The first kappa shape index (κ1) is 18.3. The van der Waals surface area contributed by atoms with Crippen LogP contribution in [0.2, 0.25) is 0 Å². The van der Waals surface area contributed by atoms with Gasteiger partial charge in [0.2, 0.25) is 10.5 Å². The van der Waals surface area contributed by atoms with Crippen LogP contribution in [0.3, 0.4) is 0 Å². The first-order valence-electron chi connectivity index (χ1n) is 7.04. The van der Waals surface area contributed by atoms with Gasteiger partial charge in [-0.25, -0.2) is 0 Å². The second kappa shape index (κ2) is 7.71. The number of ether oxygens (including phenoxy) is 3. The van der Waals surface area contributed by atoms with Gasteiger partial charge < -0.3 is 14.2 Å². The van der Waals surface area contributed by atoms with Crippen LogP contribution in [-0.2, 0) is 4.79 Å². The zero-order chi connectivity index (χ0) is 18.6. The van der Waals surface area contributed by atoms with E-state index in [1.54, 1.807) is 19.1 Å². The third-order valence-corrected chi connectivity index (χ3v) is 3.33. The SMILES string of the molecule is COc1cc(/C=N\n2c(=S)[nH]nc(C)c2=O)cc(OC)c1OC(C)=O. The minimum absolute atomic E-state index is 0.0577. The van der Waals surface area contributed by atoms with Crippen LogP contribution >= 0.6 is 12.2 Å². The van der Waals surface area contributed by atoms with Gasteiger partial charge in [0.15, 0.2) is 11.5 Å². The summed E-state index contributed by atoms with van der Waals surface area (Å²) in [6, 6.07) is 3.16. The largest absolute Gasteiger partial charge is 0.493 e. The number of aromatic amines is 1. The molecule has 9 nitrogen and oxygen atoms in total. The molecular weight excluding hydrogens is 348 g/mol. The highest BCUT2D eigenvalue weighted by molar-refractivity contribution is 7.71. The number of hydrogen-bond acceptors (Lipinski definition) is 8. The summed E-state index contributed by atoms with van der Waals surface area (Å²) in [5, 5.41) is 10.4. The molecule has 1 N–H and O–H groups in total. The molecule has 1 aromatic carbocycles. The van der Waals surface area contributed by atoms with Gasteiger partial charge in [0.05, 0.1) is 20.4 Å². The van der Waals surface area contributed by atoms with Crippen LogP contribution in [0.5, 0.6) is 17.2 Å². The van der Waals surface area contributed by atoms with Crippen LogP contribution in [0.15, 0.2) is 22.0 Å². The predicted octanol–water partition coefficient (Wildman–Crippen LogP) is 1.43. The molecule has 0 atom stereocenters. The maximum absolute atomic E-state index is 12.0. The lowest BCUT2D eigenvalue weighted by atomic mass is 10.2. The van der Waals surface area contributed by atoms with Crippen molar-refractivity contribution in [2.45, 2.75) is 13.8 Å². The Balaban J connectivity index is 2.51. The molecule has 1 aromatic heterocycles. The van der Waals surface area contributed by atoms with Gasteiger partial charge in [0, 0.05) is 12.5 Å². The minimum atomic E-state index is -0.511. The summed E-state index contributed by atoms with van der Waals surface area (Å²) in [5.41, 5.74) is 0.335. The Hall–Kier alpha value is -3.01. The Bertz CT molecular complexity index is 923. The van der Waals surface area contributed by atoms with E-state index in [-0.39, 0.29) is 27.7 Å². The second-order valence-electron chi connectivity index (χ2n) is 4.82. The standard InChI is InChI=1S/C15H16N4O5S/c1-8-14(21)19(15(25)18-17-8)16-7-10-5-11(22-3)13(24-9(2)20)12(6-10)23-4/h5-7H,1-4H3,(H,18,25)/b16-7-.